The number of allylic oxidation sites excluding steroid dienone is 2. The molecule has 208 valence electrons. The molecule has 0 radical (unpaired) electrons. The normalized spacial score (nSPS) is 16.4. The molecule has 3 aromatic carbocycles. The molecule has 1 heterocycles. The minimum atomic E-state index is 0.0644. The van der Waals surface area contributed by atoms with Gasteiger partial charge in [-0.1, -0.05) is 67.6 Å². The summed E-state index contributed by atoms with van der Waals surface area (Å²) in [6, 6.07) is 18.7. The van der Waals surface area contributed by atoms with Crippen molar-refractivity contribution in [1.82, 2.24) is 5.32 Å². The largest absolute Gasteiger partial charge is 0.493 e. The minimum Gasteiger partial charge on any atom is -0.493 e. The zero-order valence-electron chi connectivity index (χ0n) is 23.7. The number of rotatable bonds is 11. The Balaban J connectivity index is 1.37. The molecule has 0 saturated carbocycles. The molecular weight excluding hydrogens is 498 g/mol. The van der Waals surface area contributed by atoms with Gasteiger partial charge in [-0.25, -0.2) is 0 Å². The summed E-state index contributed by atoms with van der Waals surface area (Å²) in [6.07, 6.45) is 15.0. The molecule has 2 aliphatic rings. The van der Waals surface area contributed by atoms with Crippen molar-refractivity contribution in [3.63, 3.8) is 0 Å². The van der Waals surface area contributed by atoms with E-state index in [0.29, 0.717) is 13.2 Å². The van der Waals surface area contributed by atoms with Crippen LogP contribution in [-0.2, 0) is 19.4 Å². The fourth-order valence-corrected chi connectivity index (χ4v) is 5.26. The molecule has 3 aromatic rings. The van der Waals surface area contributed by atoms with Crippen LogP contribution in [0.3, 0.4) is 0 Å². The van der Waals surface area contributed by atoms with Crippen LogP contribution in [0, 0.1) is 0 Å². The van der Waals surface area contributed by atoms with E-state index in [1.54, 1.807) is 14.2 Å². The first-order valence-electron chi connectivity index (χ1n) is 14.2. The second-order valence-electron chi connectivity index (χ2n) is 10.1. The first-order valence-corrected chi connectivity index (χ1v) is 14.2. The molecule has 5 heteroatoms. The van der Waals surface area contributed by atoms with Crippen LogP contribution >= 0.6 is 0 Å². The first-order chi connectivity index (χ1) is 19.7. The van der Waals surface area contributed by atoms with Crippen molar-refractivity contribution in [2.24, 2.45) is 0 Å². The highest BCUT2D eigenvalue weighted by Gasteiger charge is 2.21. The van der Waals surface area contributed by atoms with Gasteiger partial charge in [0.2, 0.25) is 0 Å². The van der Waals surface area contributed by atoms with Gasteiger partial charge in [0.25, 0.3) is 0 Å². The Morgan fingerprint density at radius 1 is 0.875 bits per heavy atom. The van der Waals surface area contributed by atoms with E-state index in [0.717, 1.165) is 66.4 Å². The van der Waals surface area contributed by atoms with Gasteiger partial charge >= 0.3 is 0 Å². The van der Waals surface area contributed by atoms with Gasteiger partial charge in [0.15, 0.2) is 23.0 Å². The fourth-order valence-electron chi connectivity index (χ4n) is 5.26. The van der Waals surface area contributed by atoms with Crippen LogP contribution in [-0.4, -0.2) is 27.4 Å². The summed E-state index contributed by atoms with van der Waals surface area (Å²) in [5, 5.41) is 3.66. The molecule has 0 saturated heterocycles. The lowest BCUT2D eigenvalue weighted by Crippen LogP contribution is -2.28. The minimum absolute atomic E-state index is 0.0644. The van der Waals surface area contributed by atoms with Crippen molar-refractivity contribution in [3.8, 4) is 23.0 Å². The standard InChI is InChI=1S/C35H39NO4/c1-4-27-19-32(37-2)34(39-23-25-11-7-5-8-12-25)20-28(27)15-16-31-30-22-33(38-3)35(21-29(30)17-18-36-31)40-24-26-13-9-6-10-14-26/h6-7,9-16,19-22,31,36H,4-5,8,17-18,23-24H2,1-3H3/b16-15+. The van der Waals surface area contributed by atoms with Crippen LogP contribution in [0.5, 0.6) is 23.0 Å². The zero-order valence-corrected chi connectivity index (χ0v) is 23.7. The molecule has 40 heavy (non-hydrogen) atoms. The molecule has 1 atom stereocenters. The summed E-state index contributed by atoms with van der Waals surface area (Å²) in [4.78, 5) is 0. The summed E-state index contributed by atoms with van der Waals surface area (Å²) in [6.45, 7) is 4.10. The maximum absolute atomic E-state index is 6.23. The number of benzene rings is 3. The molecule has 0 aromatic heterocycles. The first kappa shape index (κ1) is 27.6. The highest BCUT2D eigenvalue weighted by Crippen LogP contribution is 2.37. The van der Waals surface area contributed by atoms with Crippen molar-refractivity contribution in [1.29, 1.82) is 0 Å². The summed E-state index contributed by atoms with van der Waals surface area (Å²) in [5.41, 5.74) is 7.18. The van der Waals surface area contributed by atoms with E-state index in [1.807, 2.05) is 18.2 Å². The topological polar surface area (TPSA) is 49.0 Å². The Kier molecular flexibility index (Phi) is 9.25. The molecule has 1 N–H and O–H groups in total. The molecule has 0 fully saturated rings. The van der Waals surface area contributed by atoms with Crippen LogP contribution in [0.2, 0.25) is 0 Å². The van der Waals surface area contributed by atoms with E-state index in [9.17, 15) is 0 Å². The summed E-state index contributed by atoms with van der Waals surface area (Å²) >= 11 is 0. The lowest BCUT2D eigenvalue weighted by molar-refractivity contribution is 0.283. The van der Waals surface area contributed by atoms with Gasteiger partial charge in [-0.2, -0.15) is 0 Å². The predicted octanol–water partition coefficient (Wildman–Crippen LogP) is 7.40. The van der Waals surface area contributed by atoms with Gasteiger partial charge in [0.05, 0.1) is 20.3 Å². The number of methoxy groups -OCH3 is 2. The average Bonchev–Trinajstić information content (AvgIpc) is 3.02. The van der Waals surface area contributed by atoms with E-state index in [4.69, 9.17) is 18.9 Å². The fraction of sp³-hybridized carbons (Fsp3) is 0.314. The molecule has 1 aliphatic carbocycles. The highest BCUT2D eigenvalue weighted by atomic mass is 16.5. The lowest BCUT2D eigenvalue weighted by atomic mass is 9.92. The van der Waals surface area contributed by atoms with Crippen LogP contribution in [0.1, 0.15) is 53.6 Å². The van der Waals surface area contributed by atoms with Crippen LogP contribution in [0.25, 0.3) is 6.08 Å². The second-order valence-corrected chi connectivity index (χ2v) is 10.1. The van der Waals surface area contributed by atoms with Crippen molar-refractivity contribution in [3.05, 3.63) is 112 Å². The van der Waals surface area contributed by atoms with Gasteiger partial charge in [-0.05, 0) is 83.3 Å². The number of aryl methyl sites for hydroxylation is 1. The lowest BCUT2D eigenvalue weighted by Gasteiger charge is -2.26. The smallest absolute Gasteiger partial charge is 0.162 e. The summed E-state index contributed by atoms with van der Waals surface area (Å²) in [5.74, 6) is 3.06. The highest BCUT2D eigenvalue weighted by molar-refractivity contribution is 5.62. The molecule has 5 nitrogen and oxygen atoms in total. The maximum Gasteiger partial charge on any atom is 0.162 e. The van der Waals surface area contributed by atoms with Crippen molar-refractivity contribution in [2.75, 3.05) is 27.4 Å². The van der Waals surface area contributed by atoms with E-state index < -0.39 is 0 Å². The Hall–Kier alpha value is -3.96. The molecular formula is C35H39NO4. The van der Waals surface area contributed by atoms with E-state index in [-0.39, 0.29) is 6.04 Å². The Bertz CT molecular complexity index is 1390. The van der Waals surface area contributed by atoms with Gasteiger partial charge in [-0.3, -0.25) is 0 Å². The third-order valence-corrected chi connectivity index (χ3v) is 7.50. The Morgan fingerprint density at radius 2 is 1.65 bits per heavy atom. The maximum atomic E-state index is 6.23. The van der Waals surface area contributed by atoms with Crippen LogP contribution in [0.15, 0.2) is 84.5 Å². The summed E-state index contributed by atoms with van der Waals surface area (Å²) < 4.78 is 23.8. The monoisotopic (exact) mass is 537 g/mol. The second kappa shape index (κ2) is 13.4. The Labute approximate surface area is 238 Å². The van der Waals surface area contributed by atoms with Crippen molar-refractivity contribution < 1.29 is 18.9 Å². The average molecular weight is 538 g/mol. The van der Waals surface area contributed by atoms with Crippen LogP contribution < -0.4 is 24.3 Å². The van der Waals surface area contributed by atoms with E-state index in [2.05, 4.69) is 79.0 Å². The molecule has 5 rings (SSSR count). The van der Waals surface area contributed by atoms with Crippen molar-refractivity contribution in [2.45, 2.75) is 45.3 Å². The van der Waals surface area contributed by atoms with E-state index >= 15 is 0 Å². The quantitative estimate of drug-likeness (QED) is 0.276. The number of nitrogens with one attached hydrogen (secondary N) is 1. The molecule has 1 unspecified atom stereocenters. The molecule has 0 amide bonds. The summed E-state index contributed by atoms with van der Waals surface area (Å²) in [7, 11) is 3.40. The van der Waals surface area contributed by atoms with Crippen molar-refractivity contribution >= 4 is 6.08 Å². The molecule has 0 spiro atoms. The Morgan fingerprint density at radius 3 is 2.40 bits per heavy atom. The van der Waals surface area contributed by atoms with Crippen LogP contribution in [0.4, 0.5) is 0 Å². The third-order valence-electron chi connectivity index (χ3n) is 7.50. The van der Waals surface area contributed by atoms with Gasteiger partial charge in [0, 0.05) is 6.54 Å². The van der Waals surface area contributed by atoms with Gasteiger partial charge in [-0.15, -0.1) is 0 Å². The number of hydrogen-bond acceptors (Lipinski definition) is 5. The number of ether oxygens (including phenoxy) is 4. The van der Waals surface area contributed by atoms with Gasteiger partial charge < -0.3 is 24.3 Å². The molecule has 0 bridgehead atoms. The zero-order chi connectivity index (χ0) is 27.7. The number of hydrogen-bond donors (Lipinski definition) is 1. The molecule has 1 aliphatic heterocycles. The third kappa shape index (κ3) is 6.60. The number of fused-ring (bicyclic) bond motifs is 1. The SMILES string of the molecule is CCc1cc(OC)c(OCC2=CCCC=C2)cc1/C=C/C1NCCc2cc(OCc3ccccc3)c(OC)cc21. The van der Waals surface area contributed by atoms with Gasteiger partial charge in [0.1, 0.15) is 13.2 Å². The van der Waals surface area contributed by atoms with E-state index in [1.165, 1.54) is 22.3 Å². The predicted molar refractivity (Wildman–Crippen MR) is 162 cm³/mol.